The highest BCUT2D eigenvalue weighted by atomic mass is 127. The van der Waals surface area contributed by atoms with E-state index in [0.717, 1.165) is 17.9 Å². The Labute approximate surface area is 137 Å². The van der Waals surface area contributed by atoms with E-state index in [0.29, 0.717) is 5.11 Å². The summed E-state index contributed by atoms with van der Waals surface area (Å²) in [6.45, 7) is 2.76. The Hall–Kier alpha value is -1.41. The van der Waals surface area contributed by atoms with Crippen LogP contribution in [0.4, 0.5) is 0 Å². The minimum atomic E-state index is 0.524. The molecule has 0 amide bonds. The lowest BCUT2D eigenvalue weighted by Gasteiger charge is -2.07. The highest BCUT2D eigenvalue weighted by Gasteiger charge is 2.01. The minimum Gasteiger partial charge on any atom is -0.362 e. The summed E-state index contributed by atoms with van der Waals surface area (Å²) in [4.78, 5) is 0. The van der Waals surface area contributed by atoms with Crippen LogP contribution in [0, 0.1) is 3.57 Å². The van der Waals surface area contributed by atoms with E-state index in [1.165, 1.54) is 3.57 Å². The molecule has 0 fully saturated rings. The summed E-state index contributed by atoms with van der Waals surface area (Å²) in [7, 11) is 0. The number of aromatic nitrogens is 1. The molecule has 0 saturated carbocycles. The minimum absolute atomic E-state index is 0.524. The Balaban J connectivity index is 2.11. The molecule has 1 aromatic heterocycles. The molecule has 0 radical (unpaired) electrons. The predicted octanol–water partition coefficient (Wildman–Crippen LogP) is 2.90. The first kappa shape index (κ1) is 15.0. The lowest BCUT2D eigenvalue weighted by molar-refractivity contribution is 0.902. The fourth-order valence-corrected chi connectivity index (χ4v) is 2.25. The molecule has 0 aliphatic heterocycles. The molecule has 0 aliphatic rings. The number of hydrogen-bond donors (Lipinski definition) is 2. The molecule has 0 unspecified atom stereocenters. The van der Waals surface area contributed by atoms with Crippen LogP contribution in [0.25, 0.3) is 5.69 Å². The number of benzene rings is 1. The molecule has 2 aromatic rings. The van der Waals surface area contributed by atoms with Gasteiger partial charge in [0.1, 0.15) is 0 Å². The van der Waals surface area contributed by atoms with Gasteiger partial charge in [-0.3, -0.25) is 5.43 Å². The SMILES string of the molecule is CCNC(=S)NN=Cc1cccn1-c1ccc(I)cc1. The van der Waals surface area contributed by atoms with Crippen LogP contribution in [0.15, 0.2) is 47.7 Å². The summed E-state index contributed by atoms with van der Waals surface area (Å²) in [6, 6.07) is 12.3. The zero-order valence-electron chi connectivity index (χ0n) is 11.0. The third kappa shape index (κ3) is 4.04. The van der Waals surface area contributed by atoms with Crippen molar-refractivity contribution in [2.24, 2.45) is 5.10 Å². The normalized spacial score (nSPS) is 10.7. The first-order chi connectivity index (χ1) is 9.70. The Morgan fingerprint density at radius 2 is 2.10 bits per heavy atom. The predicted molar refractivity (Wildman–Crippen MR) is 95.5 cm³/mol. The molecular weight excluding hydrogens is 383 g/mol. The Bertz CT molecular complexity index is 604. The molecule has 6 heteroatoms. The largest absolute Gasteiger partial charge is 0.362 e. The first-order valence-electron chi connectivity index (χ1n) is 6.21. The molecule has 0 bridgehead atoms. The van der Waals surface area contributed by atoms with Crippen molar-refractivity contribution in [2.75, 3.05) is 6.54 Å². The molecule has 1 aromatic carbocycles. The second-order valence-electron chi connectivity index (χ2n) is 4.01. The van der Waals surface area contributed by atoms with E-state index in [9.17, 15) is 0 Å². The number of rotatable bonds is 4. The molecule has 4 nitrogen and oxygen atoms in total. The quantitative estimate of drug-likeness (QED) is 0.360. The summed E-state index contributed by atoms with van der Waals surface area (Å²) in [5.74, 6) is 0. The fourth-order valence-electron chi connectivity index (χ4n) is 1.69. The third-order valence-electron chi connectivity index (χ3n) is 2.59. The molecule has 2 N–H and O–H groups in total. The number of thiocarbonyl (C=S) groups is 1. The van der Waals surface area contributed by atoms with E-state index < -0.39 is 0 Å². The van der Waals surface area contributed by atoms with Gasteiger partial charge in [0.25, 0.3) is 0 Å². The molecule has 0 saturated heterocycles. The van der Waals surface area contributed by atoms with Crippen molar-refractivity contribution >= 4 is 46.1 Å². The van der Waals surface area contributed by atoms with Gasteiger partial charge in [-0.1, -0.05) is 0 Å². The molecular formula is C14H15IN4S. The van der Waals surface area contributed by atoms with Crippen LogP contribution in [0.2, 0.25) is 0 Å². The van der Waals surface area contributed by atoms with Crippen molar-refractivity contribution in [3.63, 3.8) is 0 Å². The van der Waals surface area contributed by atoms with Crippen LogP contribution in [-0.4, -0.2) is 22.4 Å². The molecule has 20 heavy (non-hydrogen) atoms. The number of hydrazone groups is 1. The molecule has 104 valence electrons. The second kappa shape index (κ2) is 7.39. The molecule has 0 atom stereocenters. The van der Waals surface area contributed by atoms with Crippen molar-refractivity contribution in [1.82, 2.24) is 15.3 Å². The average Bonchev–Trinajstić information content (AvgIpc) is 2.88. The van der Waals surface area contributed by atoms with Gasteiger partial charge in [0.2, 0.25) is 0 Å². The van der Waals surface area contributed by atoms with Gasteiger partial charge in [0.15, 0.2) is 5.11 Å². The van der Waals surface area contributed by atoms with Crippen LogP contribution >= 0.6 is 34.8 Å². The van der Waals surface area contributed by atoms with Crippen LogP contribution < -0.4 is 10.7 Å². The van der Waals surface area contributed by atoms with Gasteiger partial charge < -0.3 is 9.88 Å². The smallest absolute Gasteiger partial charge is 0.186 e. The zero-order valence-corrected chi connectivity index (χ0v) is 14.0. The van der Waals surface area contributed by atoms with Crippen LogP contribution in [-0.2, 0) is 0 Å². The van der Waals surface area contributed by atoms with Crippen molar-refractivity contribution in [1.29, 1.82) is 0 Å². The molecule has 0 spiro atoms. The average molecular weight is 398 g/mol. The van der Waals surface area contributed by atoms with Crippen molar-refractivity contribution in [2.45, 2.75) is 6.92 Å². The van der Waals surface area contributed by atoms with Crippen molar-refractivity contribution in [3.05, 3.63) is 51.9 Å². The first-order valence-corrected chi connectivity index (χ1v) is 7.69. The van der Waals surface area contributed by atoms with Gasteiger partial charge in [0, 0.05) is 22.0 Å². The summed E-state index contributed by atoms with van der Waals surface area (Å²) >= 11 is 7.34. The number of hydrogen-bond acceptors (Lipinski definition) is 2. The molecule has 1 heterocycles. The topological polar surface area (TPSA) is 41.4 Å². The highest BCUT2D eigenvalue weighted by Crippen LogP contribution is 2.13. The lowest BCUT2D eigenvalue weighted by Crippen LogP contribution is -2.31. The fraction of sp³-hybridized carbons (Fsp3) is 0.143. The van der Waals surface area contributed by atoms with E-state index >= 15 is 0 Å². The highest BCUT2D eigenvalue weighted by molar-refractivity contribution is 14.1. The van der Waals surface area contributed by atoms with E-state index in [1.807, 2.05) is 25.3 Å². The summed E-state index contributed by atoms with van der Waals surface area (Å²) in [5.41, 5.74) is 4.87. The summed E-state index contributed by atoms with van der Waals surface area (Å²) in [5, 5.41) is 7.64. The van der Waals surface area contributed by atoms with Crippen molar-refractivity contribution in [3.8, 4) is 5.69 Å². The molecule has 2 rings (SSSR count). The van der Waals surface area contributed by atoms with E-state index in [-0.39, 0.29) is 0 Å². The van der Waals surface area contributed by atoms with Gasteiger partial charge >= 0.3 is 0 Å². The standard InChI is InChI=1S/C14H15IN4S/c1-2-16-14(20)18-17-10-13-4-3-9-19(13)12-7-5-11(15)6-8-12/h3-10H,2H2,1H3,(H2,16,18,20). The third-order valence-corrected chi connectivity index (χ3v) is 3.54. The van der Waals surface area contributed by atoms with E-state index in [2.05, 4.69) is 67.3 Å². The van der Waals surface area contributed by atoms with Gasteiger partial charge in [-0.15, -0.1) is 0 Å². The zero-order chi connectivity index (χ0) is 14.4. The maximum Gasteiger partial charge on any atom is 0.186 e. The molecule has 0 aliphatic carbocycles. The Kier molecular flexibility index (Phi) is 5.54. The van der Waals surface area contributed by atoms with Gasteiger partial charge in [0.05, 0.1) is 11.9 Å². The van der Waals surface area contributed by atoms with Gasteiger partial charge in [-0.2, -0.15) is 5.10 Å². The summed E-state index contributed by atoms with van der Waals surface area (Å²) < 4.78 is 3.28. The maximum absolute atomic E-state index is 5.05. The Morgan fingerprint density at radius 3 is 2.80 bits per heavy atom. The second-order valence-corrected chi connectivity index (χ2v) is 5.66. The van der Waals surface area contributed by atoms with Crippen LogP contribution in [0.5, 0.6) is 0 Å². The maximum atomic E-state index is 5.05. The Morgan fingerprint density at radius 1 is 1.35 bits per heavy atom. The summed E-state index contributed by atoms with van der Waals surface area (Å²) in [6.07, 6.45) is 3.76. The van der Waals surface area contributed by atoms with Crippen LogP contribution in [0.1, 0.15) is 12.6 Å². The van der Waals surface area contributed by atoms with Gasteiger partial charge in [-0.05, 0) is 78.1 Å². The van der Waals surface area contributed by atoms with Crippen LogP contribution in [0.3, 0.4) is 0 Å². The van der Waals surface area contributed by atoms with Crippen molar-refractivity contribution < 1.29 is 0 Å². The number of nitrogens with zero attached hydrogens (tertiary/aromatic N) is 2. The van der Waals surface area contributed by atoms with Gasteiger partial charge in [-0.25, -0.2) is 0 Å². The monoisotopic (exact) mass is 398 g/mol. The number of halogens is 1. The van der Waals surface area contributed by atoms with E-state index in [4.69, 9.17) is 12.2 Å². The lowest BCUT2D eigenvalue weighted by atomic mass is 10.3. The number of nitrogens with one attached hydrogen (secondary N) is 2. The van der Waals surface area contributed by atoms with E-state index in [1.54, 1.807) is 6.21 Å².